The lowest BCUT2D eigenvalue weighted by Gasteiger charge is -2.05. The van der Waals surface area contributed by atoms with E-state index in [1.807, 2.05) is 0 Å². The number of hydrazone groups is 1. The number of aryl methyl sites for hydroxylation is 1. The number of methoxy groups -OCH3 is 1. The lowest BCUT2D eigenvalue weighted by Crippen LogP contribution is -2.26. The fraction of sp³-hybridized carbons (Fsp3) is 0.308. The predicted molar refractivity (Wildman–Crippen MR) is 69.5 cm³/mol. The van der Waals surface area contributed by atoms with Crippen molar-refractivity contribution < 1.29 is 18.7 Å². The topological polar surface area (TPSA) is 67.8 Å². The molecular formula is C13H15FN2O3. The number of carbonyl (C=O) groups excluding carboxylic acids is 2. The normalized spacial score (nSPS) is 11.1. The van der Waals surface area contributed by atoms with Crippen molar-refractivity contribution >= 4 is 23.2 Å². The second-order valence-corrected chi connectivity index (χ2v) is 3.82. The molecule has 0 aromatic heterocycles. The fourth-order valence-corrected chi connectivity index (χ4v) is 1.31. The minimum absolute atomic E-state index is 0.0795. The van der Waals surface area contributed by atoms with Crippen molar-refractivity contribution in [2.75, 3.05) is 12.5 Å². The van der Waals surface area contributed by atoms with Gasteiger partial charge in [0.1, 0.15) is 5.82 Å². The monoisotopic (exact) mass is 266 g/mol. The molecule has 1 N–H and O–H groups in total. The zero-order valence-electron chi connectivity index (χ0n) is 11.0. The number of esters is 1. The first-order valence-electron chi connectivity index (χ1n) is 5.71. The summed E-state index contributed by atoms with van der Waals surface area (Å²) < 4.78 is 18.0. The molecule has 0 spiro atoms. The maximum Gasteiger partial charge on any atom is 0.362 e. The molecule has 6 heteroatoms. The Kier molecular flexibility index (Phi) is 5.17. The van der Waals surface area contributed by atoms with Gasteiger partial charge in [-0.05, 0) is 24.6 Å². The summed E-state index contributed by atoms with van der Waals surface area (Å²) in [6.07, 6.45) is 0.103. The van der Waals surface area contributed by atoms with Crippen LogP contribution in [-0.4, -0.2) is 24.6 Å². The van der Waals surface area contributed by atoms with Crippen LogP contribution in [-0.2, 0) is 14.3 Å². The Balaban J connectivity index is 2.98. The van der Waals surface area contributed by atoms with E-state index in [2.05, 4.69) is 15.3 Å². The van der Waals surface area contributed by atoms with E-state index in [9.17, 15) is 14.0 Å². The van der Waals surface area contributed by atoms with Gasteiger partial charge in [0.15, 0.2) is 5.78 Å². The molecule has 1 aromatic rings. The number of ketones is 1. The Morgan fingerprint density at radius 3 is 2.63 bits per heavy atom. The molecule has 0 saturated heterocycles. The fourth-order valence-electron chi connectivity index (χ4n) is 1.31. The molecule has 1 aromatic carbocycles. The number of anilines is 1. The number of nitrogens with one attached hydrogen (secondary N) is 1. The van der Waals surface area contributed by atoms with Crippen LogP contribution in [0.1, 0.15) is 18.9 Å². The van der Waals surface area contributed by atoms with Gasteiger partial charge in [-0.1, -0.05) is 13.0 Å². The number of halogens is 1. The molecule has 0 saturated carbocycles. The smallest absolute Gasteiger partial charge is 0.362 e. The van der Waals surface area contributed by atoms with Crippen LogP contribution in [0.5, 0.6) is 0 Å². The van der Waals surface area contributed by atoms with Crippen LogP contribution < -0.4 is 5.43 Å². The third-order valence-electron chi connectivity index (χ3n) is 2.38. The van der Waals surface area contributed by atoms with E-state index >= 15 is 0 Å². The number of hydrogen-bond acceptors (Lipinski definition) is 5. The lowest BCUT2D eigenvalue weighted by atomic mass is 10.2. The van der Waals surface area contributed by atoms with Crippen molar-refractivity contribution in [2.45, 2.75) is 20.3 Å². The van der Waals surface area contributed by atoms with Crippen LogP contribution in [0.4, 0.5) is 10.1 Å². The van der Waals surface area contributed by atoms with Crippen LogP contribution in [0, 0.1) is 12.7 Å². The third kappa shape index (κ3) is 3.87. The number of hydrogen-bond donors (Lipinski definition) is 1. The maximum atomic E-state index is 13.5. The highest BCUT2D eigenvalue weighted by molar-refractivity contribution is 6.64. The van der Waals surface area contributed by atoms with Crippen LogP contribution in [0.25, 0.3) is 0 Å². The van der Waals surface area contributed by atoms with Crippen molar-refractivity contribution in [3.63, 3.8) is 0 Å². The summed E-state index contributed by atoms with van der Waals surface area (Å²) in [6, 6.07) is 4.47. The van der Waals surface area contributed by atoms with Crippen molar-refractivity contribution in [3.05, 3.63) is 29.6 Å². The third-order valence-corrected chi connectivity index (χ3v) is 2.38. The highest BCUT2D eigenvalue weighted by atomic mass is 19.1. The van der Waals surface area contributed by atoms with Gasteiger partial charge in [-0.25, -0.2) is 9.18 Å². The van der Waals surface area contributed by atoms with Gasteiger partial charge in [-0.3, -0.25) is 10.2 Å². The molecule has 1 rings (SSSR count). The molecule has 0 aliphatic heterocycles. The largest absolute Gasteiger partial charge is 0.464 e. The molecule has 0 heterocycles. The van der Waals surface area contributed by atoms with Crippen molar-refractivity contribution in [1.29, 1.82) is 0 Å². The molecule has 0 aliphatic carbocycles. The zero-order valence-corrected chi connectivity index (χ0v) is 11.0. The van der Waals surface area contributed by atoms with Crippen LogP contribution in [0.2, 0.25) is 0 Å². The quantitative estimate of drug-likeness (QED) is 0.383. The van der Waals surface area contributed by atoms with E-state index in [1.165, 1.54) is 12.1 Å². The Hall–Kier alpha value is -2.24. The Bertz CT molecular complexity index is 509. The van der Waals surface area contributed by atoms with Gasteiger partial charge in [-0.15, -0.1) is 0 Å². The standard InChI is InChI=1S/C13H15FN2O3/c1-4-11(17)12(13(18)19-3)16-15-10-6-5-8(2)7-9(10)14/h5-7,15H,4H2,1-3H3/b16-12+. The maximum absolute atomic E-state index is 13.5. The van der Waals surface area contributed by atoms with Gasteiger partial charge in [0.25, 0.3) is 0 Å². The highest BCUT2D eigenvalue weighted by Crippen LogP contribution is 2.15. The van der Waals surface area contributed by atoms with E-state index in [1.54, 1.807) is 19.9 Å². The number of benzene rings is 1. The average Bonchev–Trinajstić information content (AvgIpc) is 2.40. The average molecular weight is 266 g/mol. The molecule has 5 nitrogen and oxygen atoms in total. The van der Waals surface area contributed by atoms with Gasteiger partial charge in [0.2, 0.25) is 5.71 Å². The summed E-state index contributed by atoms with van der Waals surface area (Å²) in [5.74, 6) is -1.85. The number of rotatable bonds is 5. The van der Waals surface area contributed by atoms with Gasteiger partial charge in [0.05, 0.1) is 12.8 Å². The summed E-state index contributed by atoms with van der Waals surface area (Å²) in [5.41, 5.74) is 2.81. The Morgan fingerprint density at radius 1 is 1.42 bits per heavy atom. The SMILES string of the molecule is CCC(=O)/C(=N\Nc1ccc(C)cc1F)C(=O)OC. The Morgan fingerprint density at radius 2 is 2.11 bits per heavy atom. The van der Waals surface area contributed by atoms with E-state index < -0.39 is 17.6 Å². The predicted octanol–water partition coefficient (Wildman–Crippen LogP) is 2.05. The van der Waals surface area contributed by atoms with E-state index in [4.69, 9.17) is 0 Å². The van der Waals surface area contributed by atoms with Gasteiger partial charge >= 0.3 is 5.97 Å². The minimum Gasteiger partial charge on any atom is -0.464 e. The van der Waals surface area contributed by atoms with Crippen LogP contribution in [0.15, 0.2) is 23.3 Å². The second kappa shape index (κ2) is 6.63. The molecular weight excluding hydrogens is 251 g/mol. The number of Topliss-reactive ketones (excluding diaryl/α,β-unsaturated/α-hetero) is 1. The van der Waals surface area contributed by atoms with Gasteiger partial charge in [0, 0.05) is 6.42 Å². The summed E-state index contributed by atoms with van der Waals surface area (Å²) >= 11 is 0. The lowest BCUT2D eigenvalue weighted by molar-refractivity contribution is -0.133. The molecule has 102 valence electrons. The van der Waals surface area contributed by atoms with E-state index in [0.717, 1.165) is 12.7 Å². The summed E-state index contributed by atoms with van der Waals surface area (Å²) in [6.45, 7) is 3.34. The molecule has 0 bridgehead atoms. The molecule has 19 heavy (non-hydrogen) atoms. The highest BCUT2D eigenvalue weighted by Gasteiger charge is 2.19. The first-order valence-corrected chi connectivity index (χ1v) is 5.71. The minimum atomic E-state index is -0.855. The summed E-state index contributed by atoms with van der Waals surface area (Å²) in [7, 11) is 1.15. The van der Waals surface area contributed by atoms with Crippen molar-refractivity contribution in [3.8, 4) is 0 Å². The van der Waals surface area contributed by atoms with Gasteiger partial charge in [-0.2, -0.15) is 5.10 Å². The molecule has 0 amide bonds. The number of nitrogens with zero attached hydrogens (tertiary/aromatic N) is 1. The van der Waals surface area contributed by atoms with Gasteiger partial charge < -0.3 is 4.74 Å². The van der Waals surface area contributed by atoms with Crippen LogP contribution >= 0.6 is 0 Å². The first kappa shape index (κ1) is 14.8. The van der Waals surface area contributed by atoms with Crippen molar-refractivity contribution in [2.24, 2.45) is 5.10 Å². The zero-order chi connectivity index (χ0) is 14.4. The number of carbonyl (C=O) groups is 2. The first-order chi connectivity index (χ1) is 8.99. The van der Waals surface area contributed by atoms with E-state index in [-0.39, 0.29) is 17.8 Å². The van der Waals surface area contributed by atoms with Crippen LogP contribution in [0.3, 0.4) is 0 Å². The van der Waals surface area contributed by atoms with E-state index in [0.29, 0.717) is 0 Å². The molecule has 0 atom stereocenters. The molecule has 0 fully saturated rings. The summed E-state index contributed by atoms with van der Waals surface area (Å²) in [5, 5.41) is 3.63. The number of ether oxygens (including phenoxy) is 1. The van der Waals surface area contributed by atoms with Crippen molar-refractivity contribution in [1.82, 2.24) is 0 Å². The molecule has 0 unspecified atom stereocenters. The summed E-state index contributed by atoms with van der Waals surface area (Å²) in [4.78, 5) is 22.9. The Labute approximate surface area is 110 Å². The second-order valence-electron chi connectivity index (χ2n) is 3.82. The molecule has 0 aliphatic rings. The molecule has 0 radical (unpaired) electrons.